The Balaban J connectivity index is 1.79. The van der Waals surface area contributed by atoms with Crippen molar-refractivity contribution in [2.75, 3.05) is 4.90 Å². The lowest BCUT2D eigenvalue weighted by molar-refractivity contribution is 0.0987. The van der Waals surface area contributed by atoms with E-state index in [0.717, 1.165) is 15.8 Å². The van der Waals surface area contributed by atoms with Crippen LogP contribution in [-0.4, -0.2) is 10.9 Å². The number of amides is 1. The minimum Gasteiger partial charge on any atom is -0.467 e. The van der Waals surface area contributed by atoms with Gasteiger partial charge in [-0.1, -0.05) is 29.0 Å². The molecule has 1 aromatic carbocycles. The Kier molecular flexibility index (Phi) is 4.33. The highest BCUT2D eigenvalue weighted by Crippen LogP contribution is 2.35. The van der Waals surface area contributed by atoms with Gasteiger partial charge < -0.3 is 4.42 Å². The fraction of sp³-hybridized carbons (Fsp3) is 0.111. The number of aryl methyl sites for hydroxylation is 1. The average molecular weight is 389 g/mol. The number of benzene rings is 1. The first-order valence-corrected chi connectivity index (χ1v) is 9.64. The second-order valence-electron chi connectivity index (χ2n) is 5.46. The smallest absolute Gasteiger partial charge is 0.270 e. The third-order valence-electron chi connectivity index (χ3n) is 3.84. The molecule has 0 aliphatic carbocycles. The molecule has 7 heteroatoms. The third kappa shape index (κ3) is 3.08. The molecule has 0 aliphatic heterocycles. The summed E-state index contributed by atoms with van der Waals surface area (Å²) in [4.78, 5) is 20.0. The average Bonchev–Trinajstić information content (AvgIpc) is 3.36. The molecule has 126 valence electrons. The van der Waals surface area contributed by atoms with Crippen molar-refractivity contribution < 1.29 is 9.21 Å². The zero-order valence-corrected chi connectivity index (χ0v) is 15.6. The number of furan rings is 1. The Morgan fingerprint density at radius 1 is 1.28 bits per heavy atom. The van der Waals surface area contributed by atoms with Crippen LogP contribution >= 0.6 is 34.3 Å². The lowest BCUT2D eigenvalue weighted by Gasteiger charge is -2.17. The highest BCUT2D eigenvalue weighted by Gasteiger charge is 2.24. The summed E-state index contributed by atoms with van der Waals surface area (Å²) in [5, 5.41) is 3.20. The van der Waals surface area contributed by atoms with Gasteiger partial charge in [-0.3, -0.25) is 9.69 Å². The number of carbonyl (C=O) groups excluding carboxylic acids is 1. The normalized spacial score (nSPS) is 11.1. The van der Waals surface area contributed by atoms with Gasteiger partial charge in [0.2, 0.25) is 0 Å². The fourth-order valence-electron chi connectivity index (χ4n) is 2.52. The number of aromatic nitrogens is 1. The van der Waals surface area contributed by atoms with Gasteiger partial charge in [0.05, 0.1) is 27.9 Å². The maximum Gasteiger partial charge on any atom is 0.270 e. The summed E-state index contributed by atoms with van der Waals surface area (Å²) in [6, 6.07) is 11.1. The zero-order valence-electron chi connectivity index (χ0n) is 13.2. The summed E-state index contributed by atoms with van der Waals surface area (Å²) < 4.78 is 6.44. The molecule has 1 amide bonds. The molecular weight excluding hydrogens is 376 g/mol. The maximum absolute atomic E-state index is 13.0. The molecule has 0 radical (unpaired) electrons. The van der Waals surface area contributed by atoms with Crippen molar-refractivity contribution >= 4 is 55.5 Å². The Morgan fingerprint density at radius 2 is 2.16 bits per heavy atom. The van der Waals surface area contributed by atoms with Gasteiger partial charge in [0.1, 0.15) is 5.76 Å². The van der Waals surface area contributed by atoms with E-state index in [1.165, 1.54) is 22.7 Å². The van der Waals surface area contributed by atoms with Gasteiger partial charge in [0, 0.05) is 5.02 Å². The van der Waals surface area contributed by atoms with Gasteiger partial charge in [-0.05, 0) is 48.2 Å². The summed E-state index contributed by atoms with van der Waals surface area (Å²) in [7, 11) is 0. The summed E-state index contributed by atoms with van der Waals surface area (Å²) in [5.41, 5.74) is 1.75. The highest BCUT2D eigenvalue weighted by atomic mass is 35.5. The van der Waals surface area contributed by atoms with Crippen LogP contribution in [0.3, 0.4) is 0 Å². The fourth-order valence-corrected chi connectivity index (χ4v) is 4.37. The van der Waals surface area contributed by atoms with E-state index in [0.29, 0.717) is 27.3 Å². The molecule has 0 saturated carbocycles. The summed E-state index contributed by atoms with van der Waals surface area (Å²) >= 11 is 9.09. The number of hydrogen-bond acceptors (Lipinski definition) is 5. The first-order chi connectivity index (χ1) is 12.1. The summed E-state index contributed by atoms with van der Waals surface area (Å²) in [6.07, 6.45) is 1.60. The highest BCUT2D eigenvalue weighted by molar-refractivity contribution is 7.22. The predicted molar refractivity (Wildman–Crippen MR) is 103 cm³/mol. The Bertz CT molecular complexity index is 1020. The van der Waals surface area contributed by atoms with E-state index in [1.807, 2.05) is 48.7 Å². The molecular formula is C18H13ClN2O2S2. The molecule has 0 N–H and O–H groups in total. The third-order valence-corrected chi connectivity index (χ3v) is 6.15. The van der Waals surface area contributed by atoms with E-state index in [1.54, 1.807) is 11.2 Å². The molecule has 4 nitrogen and oxygen atoms in total. The van der Waals surface area contributed by atoms with Crippen LogP contribution in [0.1, 0.15) is 21.0 Å². The minimum absolute atomic E-state index is 0.0887. The molecule has 0 bridgehead atoms. The lowest BCUT2D eigenvalue weighted by atomic mass is 10.2. The van der Waals surface area contributed by atoms with Crippen LogP contribution in [0.2, 0.25) is 5.02 Å². The Morgan fingerprint density at radius 3 is 2.88 bits per heavy atom. The van der Waals surface area contributed by atoms with E-state index in [2.05, 4.69) is 4.98 Å². The van der Waals surface area contributed by atoms with Gasteiger partial charge in [-0.15, -0.1) is 11.3 Å². The van der Waals surface area contributed by atoms with Crippen molar-refractivity contribution in [1.82, 2.24) is 4.98 Å². The van der Waals surface area contributed by atoms with Crippen LogP contribution in [0.5, 0.6) is 0 Å². The molecule has 4 rings (SSSR count). The minimum atomic E-state index is -0.0887. The lowest BCUT2D eigenvalue weighted by Crippen LogP contribution is -2.29. The standard InChI is InChI=1S/C18H13ClN2O2S2/c1-11-13(19)6-7-14-16(11)20-18(25-14)21(10-12-4-2-8-23-12)17(22)15-5-3-9-24-15/h2-9H,10H2,1H3. The van der Waals surface area contributed by atoms with Crippen molar-refractivity contribution in [3.05, 3.63) is 69.3 Å². The number of halogens is 1. The van der Waals surface area contributed by atoms with Gasteiger partial charge in [-0.2, -0.15) is 0 Å². The van der Waals surface area contributed by atoms with Crippen molar-refractivity contribution in [3.63, 3.8) is 0 Å². The molecule has 0 saturated heterocycles. The second-order valence-corrected chi connectivity index (χ2v) is 7.83. The number of thiazole rings is 1. The van der Waals surface area contributed by atoms with Crippen LogP contribution in [0.25, 0.3) is 10.2 Å². The van der Waals surface area contributed by atoms with Crippen molar-refractivity contribution in [3.8, 4) is 0 Å². The van der Waals surface area contributed by atoms with Gasteiger partial charge in [0.25, 0.3) is 5.91 Å². The number of thiophene rings is 1. The maximum atomic E-state index is 13.0. The quantitative estimate of drug-likeness (QED) is 0.446. The molecule has 3 heterocycles. The number of carbonyl (C=O) groups is 1. The Hall–Kier alpha value is -2.15. The molecule has 4 aromatic rings. The molecule has 0 unspecified atom stereocenters. The van der Waals surface area contributed by atoms with E-state index in [9.17, 15) is 4.79 Å². The van der Waals surface area contributed by atoms with Crippen molar-refractivity contribution in [2.24, 2.45) is 0 Å². The first kappa shape index (κ1) is 16.3. The molecule has 0 atom stereocenters. The van der Waals surface area contributed by atoms with Gasteiger partial charge in [-0.25, -0.2) is 4.98 Å². The first-order valence-electron chi connectivity index (χ1n) is 7.57. The van der Waals surface area contributed by atoms with E-state index >= 15 is 0 Å². The number of anilines is 1. The number of hydrogen-bond donors (Lipinski definition) is 0. The van der Waals surface area contributed by atoms with E-state index < -0.39 is 0 Å². The number of nitrogens with zero attached hydrogens (tertiary/aromatic N) is 2. The Labute approximate surface area is 157 Å². The van der Waals surface area contributed by atoms with Crippen LogP contribution in [0, 0.1) is 6.92 Å². The van der Waals surface area contributed by atoms with Crippen molar-refractivity contribution in [2.45, 2.75) is 13.5 Å². The van der Waals surface area contributed by atoms with Crippen LogP contribution < -0.4 is 4.90 Å². The summed E-state index contributed by atoms with van der Waals surface area (Å²) in [5.74, 6) is 0.619. The van der Waals surface area contributed by atoms with Gasteiger partial charge >= 0.3 is 0 Å². The van der Waals surface area contributed by atoms with Crippen LogP contribution in [-0.2, 0) is 6.54 Å². The molecule has 3 aromatic heterocycles. The van der Waals surface area contributed by atoms with E-state index in [-0.39, 0.29) is 5.91 Å². The molecule has 0 aliphatic rings. The molecule has 0 fully saturated rings. The zero-order chi connectivity index (χ0) is 17.4. The van der Waals surface area contributed by atoms with Crippen molar-refractivity contribution in [1.29, 1.82) is 0 Å². The van der Waals surface area contributed by atoms with Crippen LogP contribution in [0.15, 0.2) is 52.5 Å². The summed E-state index contributed by atoms with van der Waals surface area (Å²) in [6.45, 7) is 2.27. The molecule has 0 spiro atoms. The monoisotopic (exact) mass is 388 g/mol. The van der Waals surface area contributed by atoms with Gasteiger partial charge in [0.15, 0.2) is 5.13 Å². The predicted octanol–water partition coefficient (Wildman–Crippen LogP) is 5.76. The number of fused-ring (bicyclic) bond motifs is 1. The largest absolute Gasteiger partial charge is 0.467 e. The second kappa shape index (κ2) is 6.63. The van der Waals surface area contributed by atoms with E-state index in [4.69, 9.17) is 16.0 Å². The SMILES string of the molecule is Cc1c(Cl)ccc2sc(N(Cc3ccco3)C(=O)c3cccs3)nc12. The molecule has 25 heavy (non-hydrogen) atoms. The van der Waals surface area contributed by atoms with Crippen LogP contribution in [0.4, 0.5) is 5.13 Å². The topological polar surface area (TPSA) is 46.3 Å². The number of rotatable bonds is 4.